The van der Waals surface area contributed by atoms with Crippen LogP contribution in [0.1, 0.15) is 31.4 Å². The zero-order valence-corrected chi connectivity index (χ0v) is 15.1. The number of carbonyl (C=O) groups excluding carboxylic acids is 2. The zero-order valence-electron chi connectivity index (χ0n) is 15.1. The van der Waals surface area contributed by atoms with Gasteiger partial charge < -0.3 is 14.5 Å². The summed E-state index contributed by atoms with van der Waals surface area (Å²) in [5, 5.41) is 0. The van der Waals surface area contributed by atoms with Crippen molar-refractivity contribution in [2.75, 3.05) is 46.4 Å². The normalized spacial score (nSPS) is 21.4. The first-order chi connectivity index (χ1) is 12.1. The molecule has 2 fully saturated rings. The Morgan fingerprint density at radius 2 is 1.84 bits per heavy atom. The summed E-state index contributed by atoms with van der Waals surface area (Å²) in [5.74, 6) is 1.11. The summed E-state index contributed by atoms with van der Waals surface area (Å²) >= 11 is 0. The Kier molecular flexibility index (Phi) is 5.58. The standard InChI is InChI=1S/C19H27N3O3/c1-15(23)20-9-11-21(12-10-20)19(24)14-22-8-4-7-18(22)16-5-3-6-17(13-16)25-2/h3,5-6,13,18H,4,7-12,14H2,1-2H3/t18-/m1/s1. The summed E-state index contributed by atoms with van der Waals surface area (Å²) in [6, 6.07) is 8.41. The summed E-state index contributed by atoms with van der Waals surface area (Å²) in [4.78, 5) is 30.1. The van der Waals surface area contributed by atoms with Gasteiger partial charge in [-0.05, 0) is 37.1 Å². The molecule has 136 valence electrons. The highest BCUT2D eigenvalue weighted by atomic mass is 16.5. The number of likely N-dealkylation sites (tertiary alicyclic amines) is 1. The molecule has 2 heterocycles. The number of hydrogen-bond donors (Lipinski definition) is 0. The molecule has 0 aliphatic carbocycles. The quantitative estimate of drug-likeness (QED) is 0.830. The van der Waals surface area contributed by atoms with Gasteiger partial charge in [0.1, 0.15) is 5.75 Å². The molecule has 25 heavy (non-hydrogen) atoms. The third-order valence-electron chi connectivity index (χ3n) is 5.26. The fraction of sp³-hybridized carbons (Fsp3) is 0.579. The lowest BCUT2D eigenvalue weighted by Crippen LogP contribution is -2.52. The van der Waals surface area contributed by atoms with Gasteiger partial charge in [-0.1, -0.05) is 12.1 Å². The number of benzene rings is 1. The molecule has 0 spiro atoms. The van der Waals surface area contributed by atoms with E-state index < -0.39 is 0 Å². The molecule has 2 amide bonds. The minimum absolute atomic E-state index is 0.0877. The highest BCUT2D eigenvalue weighted by molar-refractivity contribution is 5.79. The molecule has 0 unspecified atom stereocenters. The second-order valence-electron chi connectivity index (χ2n) is 6.79. The zero-order chi connectivity index (χ0) is 17.8. The lowest BCUT2D eigenvalue weighted by molar-refractivity contribution is -0.139. The summed E-state index contributed by atoms with van der Waals surface area (Å²) in [6.45, 7) is 5.52. The van der Waals surface area contributed by atoms with E-state index in [1.807, 2.05) is 17.0 Å². The van der Waals surface area contributed by atoms with E-state index in [0.29, 0.717) is 32.7 Å². The fourth-order valence-electron chi connectivity index (χ4n) is 3.79. The molecule has 2 saturated heterocycles. The molecule has 3 rings (SSSR count). The Hall–Kier alpha value is -2.08. The second kappa shape index (κ2) is 7.87. The van der Waals surface area contributed by atoms with Gasteiger partial charge in [-0.15, -0.1) is 0 Å². The largest absolute Gasteiger partial charge is 0.497 e. The third kappa shape index (κ3) is 4.12. The highest BCUT2D eigenvalue weighted by Gasteiger charge is 2.30. The number of ether oxygens (including phenoxy) is 1. The Bertz CT molecular complexity index is 626. The Morgan fingerprint density at radius 1 is 1.12 bits per heavy atom. The van der Waals surface area contributed by atoms with E-state index in [9.17, 15) is 9.59 Å². The van der Waals surface area contributed by atoms with Crippen molar-refractivity contribution in [1.29, 1.82) is 0 Å². The minimum Gasteiger partial charge on any atom is -0.497 e. The maximum atomic E-state index is 12.7. The lowest BCUT2D eigenvalue weighted by atomic mass is 10.0. The average molecular weight is 345 g/mol. The number of carbonyl (C=O) groups is 2. The van der Waals surface area contributed by atoms with Crippen molar-refractivity contribution in [3.05, 3.63) is 29.8 Å². The van der Waals surface area contributed by atoms with Gasteiger partial charge in [-0.25, -0.2) is 0 Å². The van der Waals surface area contributed by atoms with E-state index >= 15 is 0 Å². The van der Waals surface area contributed by atoms with Crippen molar-refractivity contribution in [3.8, 4) is 5.75 Å². The van der Waals surface area contributed by atoms with Gasteiger partial charge in [0.05, 0.1) is 13.7 Å². The molecular weight excluding hydrogens is 318 g/mol. The van der Waals surface area contributed by atoms with Gasteiger partial charge in [0.15, 0.2) is 0 Å². The van der Waals surface area contributed by atoms with E-state index in [0.717, 1.165) is 25.1 Å². The van der Waals surface area contributed by atoms with Gasteiger partial charge in [0, 0.05) is 39.1 Å². The van der Waals surface area contributed by atoms with Crippen LogP contribution in [-0.4, -0.2) is 72.9 Å². The van der Waals surface area contributed by atoms with Crippen LogP contribution in [0, 0.1) is 0 Å². The smallest absolute Gasteiger partial charge is 0.236 e. The van der Waals surface area contributed by atoms with Crippen LogP contribution in [0.3, 0.4) is 0 Å². The van der Waals surface area contributed by atoms with Gasteiger partial charge in [-0.3, -0.25) is 14.5 Å². The molecule has 2 aliphatic heterocycles. The van der Waals surface area contributed by atoms with Crippen molar-refractivity contribution in [2.45, 2.75) is 25.8 Å². The van der Waals surface area contributed by atoms with Gasteiger partial charge in [-0.2, -0.15) is 0 Å². The Balaban J connectivity index is 1.60. The number of hydrogen-bond acceptors (Lipinski definition) is 4. The van der Waals surface area contributed by atoms with Crippen molar-refractivity contribution < 1.29 is 14.3 Å². The van der Waals surface area contributed by atoms with Gasteiger partial charge in [0.25, 0.3) is 0 Å². The number of rotatable bonds is 4. The van der Waals surface area contributed by atoms with E-state index in [-0.39, 0.29) is 17.9 Å². The van der Waals surface area contributed by atoms with Crippen LogP contribution in [0.5, 0.6) is 5.75 Å². The molecular formula is C19H27N3O3. The van der Waals surface area contributed by atoms with Crippen LogP contribution >= 0.6 is 0 Å². The van der Waals surface area contributed by atoms with Gasteiger partial charge in [0.2, 0.25) is 11.8 Å². The lowest BCUT2D eigenvalue weighted by Gasteiger charge is -2.35. The molecule has 0 N–H and O–H groups in total. The average Bonchev–Trinajstić information content (AvgIpc) is 3.10. The molecule has 0 saturated carbocycles. The predicted octanol–water partition coefficient (Wildman–Crippen LogP) is 1.52. The van der Waals surface area contributed by atoms with Crippen LogP contribution in [-0.2, 0) is 9.59 Å². The van der Waals surface area contributed by atoms with Crippen LogP contribution in [0.15, 0.2) is 24.3 Å². The van der Waals surface area contributed by atoms with E-state index in [2.05, 4.69) is 17.0 Å². The molecule has 1 aromatic rings. The van der Waals surface area contributed by atoms with E-state index in [1.54, 1.807) is 18.9 Å². The van der Waals surface area contributed by atoms with Crippen LogP contribution in [0.25, 0.3) is 0 Å². The molecule has 1 aromatic carbocycles. The number of amides is 2. The minimum atomic E-state index is 0.0877. The van der Waals surface area contributed by atoms with Gasteiger partial charge >= 0.3 is 0 Å². The van der Waals surface area contributed by atoms with E-state index in [4.69, 9.17) is 4.74 Å². The molecule has 1 atom stereocenters. The number of piperazine rings is 1. The number of methoxy groups -OCH3 is 1. The summed E-state index contributed by atoms with van der Waals surface area (Å²) < 4.78 is 5.33. The SMILES string of the molecule is COc1cccc([C@H]2CCCN2CC(=O)N2CCN(C(C)=O)CC2)c1. The van der Waals surface area contributed by atoms with Crippen molar-refractivity contribution in [2.24, 2.45) is 0 Å². The second-order valence-corrected chi connectivity index (χ2v) is 6.79. The predicted molar refractivity (Wildman–Crippen MR) is 95.4 cm³/mol. The van der Waals surface area contributed by atoms with Crippen LogP contribution < -0.4 is 4.74 Å². The van der Waals surface area contributed by atoms with E-state index in [1.165, 1.54) is 5.56 Å². The first kappa shape index (κ1) is 17.7. The molecule has 6 nitrogen and oxygen atoms in total. The summed E-state index contributed by atoms with van der Waals surface area (Å²) in [6.07, 6.45) is 2.17. The highest BCUT2D eigenvalue weighted by Crippen LogP contribution is 2.33. The van der Waals surface area contributed by atoms with Crippen molar-refractivity contribution in [3.63, 3.8) is 0 Å². The number of nitrogens with zero attached hydrogens (tertiary/aromatic N) is 3. The maximum absolute atomic E-state index is 12.7. The fourth-order valence-corrected chi connectivity index (χ4v) is 3.79. The Morgan fingerprint density at radius 3 is 2.52 bits per heavy atom. The first-order valence-electron chi connectivity index (χ1n) is 9.00. The summed E-state index contributed by atoms with van der Waals surface area (Å²) in [7, 11) is 1.68. The molecule has 0 bridgehead atoms. The van der Waals surface area contributed by atoms with Crippen LogP contribution in [0.4, 0.5) is 0 Å². The molecule has 0 radical (unpaired) electrons. The monoisotopic (exact) mass is 345 g/mol. The third-order valence-corrected chi connectivity index (χ3v) is 5.26. The first-order valence-corrected chi connectivity index (χ1v) is 9.00. The molecule has 6 heteroatoms. The van der Waals surface area contributed by atoms with Crippen molar-refractivity contribution >= 4 is 11.8 Å². The topological polar surface area (TPSA) is 53.1 Å². The van der Waals surface area contributed by atoms with Crippen molar-refractivity contribution in [1.82, 2.24) is 14.7 Å². The molecule has 2 aliphatic rings. The maximum Gasteiger partial charge on any atom is 0.236 e. The Labute approximate surface area is 149 Å². The summed E-state index contributed by atoms with van der Waals surface area (Å²) in [5.41, 5.74) is 1.21. The van der Waals surface area contributed by atoms with Crippen LogP contribution in [0.2, 0.25) is 0 Å². The molecule has 0 aromatic heterocycles.